The van der Waals surface area contributed by atoms with Gasteiger partial charge >= 0.3 is 0 Å². The summed E-state index contributed by atoms with van der Waals surface area (Å²) in [5, 5.41) is 0. The van der Waals surface area contributed by atoms with Crippen molar-refractivity contribution in [2.75, 3.05) is 13.1 Å². The van der Waals surface area contributed by atoms with Crippen molar-refractivity contribution in [3.8, 4) is 0 Å². The Morgan fingerprint density at radius 3 is 2.47 bits per heavy atom. The number of hydrogen-bond donors (Lipinski definition) is 1. The van der Waals surface area contributed by atoms with E-state index < -0.39 is 0 Å². The molecular weight excluding hydrogens is 276 g/mol. The number of nitrogens with two attached hydrogens (primary N) is 1. The second kappa shape index (κ2) is 5.51. The third-order valence-corrected chi connectivity index (χ3v) is 4.55. The van der Waals surface area contributed by atoms with E-state index in [1.807, 2.05) is 0 Å². The summed E-state index contributed by atoms with van der Waals surface area (Å²) in [6.07, 6.45) is 0. The Morgan fingerprint density at radius 1 is 1.29 bits per heavy atom. The number of rotatable bonds is 3. The molecule has 2 nitrogen and oxygen atoms in total. The Balaban J connectivity index is 2.04. The fourth-order valence-corrected chi connectivity index (χ4v) is 3.02. The molecule has 0 aliphatic carbocycles. The molecular formula is C14H21BrN2. The zero-order chi connectivity index (χ0) is 12.4. The lowest BCUT2D eigenvalue weighted by Gasteiger charge is -2.17. The monoisotopic (exact) mass is 296 g/mol. The molecule has 1 aliphatic heterocycles. The topological polar surface area (TPSA) is 29.3 Å². The van der Waals surface area contributed by atoms with Gasteiger partial charge in [0, 0.05) is 30.7 Å². The predicted octanol–water partition coefficient (Wildman–Crippen LogP) is 3.00. The SMILES string of the molecule is CC1CN(Cc2ccc(CN)cc2Br)CC1C. The Labute approximate surface area is 112 Å². The minimum absolute atomic E-state index is 0.608. The highest BCUT2D eigenvalue weighted by molar-refractivity contribution is 9.10. The van der Waals surface area contributed by atoms with Crippen LogP contribution in [0.5, 0.6) is 0 Å². The summed E-state index contributed by atoms with van der Waals surface area (Å²) >= 11 is 3.64. The van der Waals surface area contributed by atoms with Gasteiger partial charge in [0.15, 0.2) is 0 Å². The van der Waals surface area contributed by atoms with Crippen molar-refractivity contribution in [3.63, 3.8) is 0 Å². The molecule has 0 aromatic heterocycles. The molecule has 2 atom stereocenters. The van der Waals surface area contributed by atoms with Gasteiger partial charge < -0.3 is 5.73 Å². The zero-order valence-electron chi connectivity index (χ0n) is 10.6. The Hall–Kier alpha value is -0.380. The van der Waals surface area contributed by atoms with Gasteiger partial charge in [0.25, 0.3) is 0 Å². The largest absolute Gasteiger partial charge is 0.326 e. The van der Waals surface area contributed by atoms with Crippen LogP contribution in [0.3, 0.4) is 0 Å². The minimum Gasteiger partial charge on any atom is -0.326 e. The maximum atomic E-state index is 5.64. The van der Waals surface area contributed by atoms with Gasteiger partial charge in [-0.2, -0.15) is 0 Å². The van der Waals surface area contributed by atoms with E-state index in [0.717, 1.165) is 18.4 Å². The first-order valence-corrected chi connectivity index (χ1v) is 7.09. The molecule has 0 saturated carbocycles. The van der Waals surface area contributed by atoms with E-state index in [2.05, 4.69) is 52.9 Å². The van der Waals surface area contributed by atoms with E-state index in [9.17, 15) is 0 Å². The van der Waals surface area contributed by atoms with E-state index in [-0.39, 0.29) is 0 Å². The highest BCUT2D eigenvalue weighted by Crippen LogP contribution is 2.26. The van der Waals surface area contributed by atoms with Gasteiger partial charge in [-0.3, -0.25) is 4.90 Å². The van der Waals surface area contributed by atoms with E-state index >= 15 is 0 Å². The van der Waals surface area contributed by atoms with Crippen LogP contribution in [-0.4, -0.2) is 18.0 Å². The average Bonchev–Trinajstić information content (AvgIpc) is 2.61. The minimum atomic E-state index is 0.608. The third-order valence-electron chi connectivity index (χ3n) is 3.81. The molecule has 0 amide bonds. The number of nitrogens with zero attached hydrogens (tertiary/aromatic N) is 1. The van der Waals surface area contributed by atoms with Crippen LogP contribution in [0.2, 0.25) is 0 Å². The summed E-state index contributed by atoms with van der Waals surface area (Å²) in [6.45, 7) is 8.77. The lowest BCUT2D eigenvalue weighted by molar-refractivity contribution is 0.315. The molecule has 1 aliphatic rings. The fraction of sp³-hybridized carbons (Fsp3) is 0.571. The number of benzene rings is 1. The summed E-state index contributed by atoms with van der Waals surface area (Å²) in [6, 6.07) is 6.46. The number of hydrogen-bond acceptors (Lipinski definition) is 2. The van der Waals surface area contributed by atoms with E-state index in [1.165, 1.54) is 28.7 Å². The van der Waals surface area contributed by atoms with Gasteiger partial charge in [0.2, 0.25) is 0 Å². The van der Waals surface area contributed by atoms with Crippen LogP contribution in [0.1, 0.15) is 25.0 Å². The summed E-state index contributed by atoms with van der Waals surface area (Å²) in [5.41, 5.74) is 8.19. The van der Waals surface area contributed by atoms with Crippen molar-refractivity contribution in [2.24, 2.45) is 17.6 Å². The smallest absolute Gasteiger partial charge is 0.0245 e. The van der Waals surface area contributed by atoms with Gasteiger partial charge in [0.1, 0.15) is 0 Å². The molecule has 2 rings (SSSR count). The third kappa shape index (κ3) is 3.09. The maximum absolute atomic E-state index is 5.64. The normalized spacial score (nSPS) is 25.4. The zero-order valence-corrected chi connectivity index (χ0v) is 12.2. The maximum Gasteiger partial charge on any atom is 0.0245 e. The van der Waals surface area contributed by atoms with E-state index in [1.54, 1.807) is 0 Å². The number of halogens is 1. The molecule has 0 radical (unpaired) electrons. The summed E-state index contributed by atoms with van der Waals surface area (Å²) in [5.74, 6) is 1.63. The molecule has 1 aromatic carbocycles. The Morgan fingerprint density at radius 2 is 1.94 bits per heavy atom. The van der Waals surface area contributed by atoms with Crippen molar-refractivity contribution in [2.45, 2.75) is 26.9 Å². The van der Waals surface area contributed by atoms with Crippen LogP contribution < -0.4 is 5.73 Å². The first-order valence-electron chi connectivity index (χ1n) is 6.30. The highest BCUT2D eigenvalue weighted by Gasteiger charge is 2.26. The second-order valence-electron chi connectivity index (χ2n) is 5.28. The van der Waals surface area contributed by atoms with Gasteiger partial charge in [-0.05, 0) is 29.0 Å². The summed E-state index contributed by atoms with van der Waals surface area (Å²) in [7, 11) is 0. The van der Waals surface area contributed by atoms with Gasteiger partial charge in [-0.15, -0.1) is 0 Å². The lowest BCUT2D eigenvalue weighted by atomic mass is 10.0. The molecule has 2 N–H and O–H groups in total. The molecule has 3 heteroatoms. The van der Waals surface area contributed by atoms with Crippen molar-refractivity contribution in [3.05, 3.63) is 33.8 Å². The van der Waals surface area contributed by atoms with Gasteiger partial charge in [-0.25, -0.2) is 0 Å². The molecule has 94 valence electrons. The van der Waals surface area contributed by atoms with Gasteiger partial charge in [-0.1, -0.05) is 41.9 Å². The number of likely N-dealkylation sites (tertiary alicyclic amines) is 1. The van der Waals surface area contributed by atoms with E-state index in [4.69, 9.17) is 5.73 Å². The first-order chi connectivity index (χ1) is 8.10. The van der Waals surface area contributed by atoms with Crippen LogP contribution in [0, 0.1) is 11.8 Å². The standard InChI is InChI=1S/C14H21BrN2/c1-10-7-17(8-11(10)2)9-13-4-3-12(6-16)5-14(13)15/h3-5,10-11H,6-9,16H2,1-2H3. The first kappa shape index (κ1) is 13.1. The van der Waals surface area contributed by atoms with Crippen molar-refractivity contribution < 1.29 is 0 Å². The van der Waals surface area contributed by atoms with Crippen molar-refractivity contribution in [1.29, 1.82) is 0 Å². The second-order valence-corrected chi connectivity index (χ2v) is 6.13. The molecule has 0 bridgehead atoms. The molecule has 1 aromatic rings. The summed E-state index contributed by atoms with van der Waals surface area (Å²) < 4.78 is 1.19. The molecule has 2 unspecified atom stereocenters. The van der Waals surface area contributed by atoms with Crippen LogP contribution in [0.15, 0.2) is 22.7 Å². The van der Waals surface area contributed by atoms with Gasteiger partial charge in [0.05, 0.1) is 0 Å². The van der Waals surface area contributed by atoms with Crippen molar-refractivity contribution in [1.82, 2.24) is 4.90 Å². The lowest BCUT2D eigenvalue weighted by Crippen LogP contribution is -2.20. The quantitative estimate of drug-likeness (QED) is 0.929. The predicted molar refractivity (Wildman–Crippen MR) is 75.6 cm³/mol. The molecule has 1 fully saturated rings. The molecule has 1 saturated heterocycles. The van der Waals surface area contributed by atoms with Crippen molar-refractivity contribution >= 4 is 15.9 Å². The molecule has 1 heterocycles. The summed E-state index contributed by atoms with van der Waals surface area (Å²) in [4.78, 5) is 2.54. The van der Waals surface area contributed by atoms with Crippen LogP contribution in [-0.2, 0) is 13.1 Å². The fourth-order valence-electron chi connectivity index (χ4n) is 2.46. The van der Waals surface area contributed by atoms with Crippen LogP contribution >= 0.6 is 15.9 Å². The van der Waals surface area contributed by atoms with Crippen LogP contribution in [0.4, 0.5) is 0 Å². The highest BCUT2D eigenvalue weighted by atomic mass is 79.9. The van der Waals surface area contributed by atoms with E-state index in [0.29, 0.717) is 6.54 Å². The Bertz CT molecular complexity index is 382. The molecule has 0 spiro atoms. The molecule has 17 heavy (non-hydrogen) atoms. The Kier molecular flexibility index (Phi) is 4.23. The van der Waals surface area contributed by atoms with Crippen LogP contribution in [0.25, 0.3) is 0 Å². The average molecular weight is 297 g/mol.